The van der Waals surface area contributed by atoms with Gasteiger partial charge in [0.2, 0.25) is 0 Å². The molecule has 0 amide bonds. The zero-order valence-electron chi connectivity index (χ0n) is 8.56. The summed E-state index contributed by atoms with van der Waals surface area (Å²) in [5.41, 5.74) is 0. The first-order chi connectivity index (χ1) is 4.77. The molecule has 3 N–H and O–H groups in total. The second-order valence-electron chi connectivity index (χ2n) is 2.35. The maximum Gasteiger partial charge on any atom is 1.00 e. The SMILES string of the molecule is CC(C)CCO.O=S(=O)(O)O.[H-].[K+]. The van der Waals surface area contributed by atoms with E-state index in [1.165, 1.54) is 0 Å². The van der Waals surface area contributed by atoms with Crippen LogP contribution in [0.3, 0.4) is 0 Å². The smallest absolute Gasteiger partial charge is 1.00 e. The van der Waals surface area contributed by atoms with E-state index in [1.807, 2.05) is 0 Å². The van der Waals surface area contributed by atoms with Gasteiger partial charge in [-0.1, -0.05) is 13.8 Å². The Balaban J connectivity index is -0.0000000546. The van der Waals surface area contributed by atoms with Crippen LogP contribution < -0.4 is 51.4 Å². The van der Waals surface area contributed by atoms with Crippen molar-refractivity contribution in [2.45, 2.75) is 20.3 Å². The molecule has 0 bridgehead atoms. The Morgan fingerprint density at radius 2 is 1.58 bits per heavy atom. The third-order valence-corrected chi connectivity index (χ3v) is 0.706. The van der Waals surface area contributed by atoms with Crippen molar-refractivity contribution in [3.63, 3.8) is 0 Å². The van der Waals surface area contributed by atoms with Crippen LogP contribution in [0.1, 0.15) is 21.7 Å². The van der Waals surface area contributed by atoms with Gasteiger partial charge in [0.05, 0.1) is 0 Å². The average Bonchev–Trinajstić information content (AvgIpc) is 1.58. The predicted octanol–water partition coefficient (Wildman–Crippen LogP) is -2.51. The summed E-state index contributed by atoms with van der Waals surface area (Å²) in [5.74, 6) is 0.648. The maximum atomic E-state index is 8.74. The van der Waals surface area contributed by atoms with Crippen LogP contribution >= 0.6 is 0 Å². The van der Waals surface area contributed by atoms with Crippen molar-refractivity contribution in [1.82, 2.24) is 0 Å². The van der Waals surface area contributed by atoms with E-state index in [9.17, 15) is 0 Å². The number of hydrogen-bond donors (Lipinski definition) is 3. The van der Waals surface area contributed by atoms with Gasteiger partial charge in [0.25, 0.3) is 0 Å². The van der Waals surface area contributed by atoms with Crippen molar-refractivity contribution in [2.24, 2.45) is 5.92 Å². The van der Waals surface area contributed by atoms with E-state index in [0.29, 0.717) is 12.5 Å². The summed E-state index contributed by atoms with van der Waals surface area (Å²) in [6.45, 7) is 4.52. The normalized spacial score (nSPS) is 9.83. The molecule has 0 saturated heterocycles. The minimum atomic E-state index is -4.67. The van der Waals surface area contributed by atoms with Gasteiger partial charge in [0, 0.05) is 6.61 Å². The van der Waals surface area contributed by atoms with Crippen molar-refractivity contribution in [2.75, 3.05) is 6.61 Å². The average molecular weight is 226 g/mol. The monoisotopic (exact) mass is 226 g/mol. The molecule has 12 heavy (non-hydrogen) atoms. The summed E-state index contributed by atoms with van der Waals surface area (Å²) in [4.78, 5) is 0. The van der Waals surface area contributed by atoms with Gasteiger partial charge in [-0.2, -0.15) is 8.42 Å². The molecule has 0 saturated carbocycles. The molecule has 0 aromatic rings. The van der Waals surface area contributed by atoms with E-state index in [1.54, 1.807) is 0 Å². The molecule has 0 aliphatic heterocycles. The molecule has 0 heterocycles. The molecule has 0 fully saturated rings. The topological polar surface area (TPSA) is 94.8 Å². The first kappa shape index (κ1) is 19.1. The number of aliphatic hydroxyl groups excluding tert-OH is 1. The molecule has 0 unspecified atom stereocenters. The molecule has 5 nitrogen and oxygen atoms in total. The van der Waals surface area contributed by atoms with Gasteiger partial charge in [-0.05, 0) is 12.3 Å². The van der Waals surface area contributed by atoms with Crippen molar-refractivity contribution in [1.29, 1.82) is 0 Å². The molecule has 0 aliphatic carbocycles. The summed E-state index contributed by atoms with van der Waals surface area (Å²) in [7, 11) is -4.67. The fourth-order valence-electron chi connectivity index (χ4n) is 0.258. The van der Waals surface area contributed by atoms with Crippen LogP contribution in [0.5, 0.6) is 0 Å². The molecule has 0 rings (SSSR count). The summed E-state index contributed by atoms with van der Waals surface area (Å²) in [6.07, 6.45) is 0.931. The van der Waals surface area contributed by atoms with Gasteiger partial charge in [0.1, 0.15) is 0 Å². The number of aliphatic hydroxyl groups is 1. The zero-order valence-corrected chi connectivity index (χ0v) is 11.5. The minimum absolute atomic E-state index is 0. The van der Waals surface area contributed by atoms with Crippen LogP contribution in [-0.2, 0) is 10.4 Å². The van der Waals surface area contributed by atoms with Crippen molar-refractivity contribution < 1.29 is 75.4 Å². The van der Waals surface area contributed by atoms with Crippen LogP contribution in [0.25, 0.3) is 0 Å². The molecule has 0 atom stereocenters. The van der Waals surface area contributed by atoms with Gasteiger partial charge in [-0.3, -0.25) is 9.11 Å². The van der Waals surface area contributed by atoms with Crippen LogP contribution in [0.15, 0.2) is 0 Å². The molecular formula is C5H15KO5S. The van der Waals surface area contributed by atoms with Gasteiger partial charge in [-0.25, -0.2) is 0 Å². The second-order valence-corrected chi connectivity index (χ2v) is 3.25. The Kier molecular flexibility index (Phi) is 16.8. The summed E-state index contributed by atoms with van der Waals surface area (Å²) in [6, 6.07) is 0. The summed E-state index contributed by atoms with van der Waals surface area (Å²) in [5, 5.41) is 8.24. The third kappa shape index (κ3) is 63.0. The molecular weight excluding hydrogens is 211 g/mol. The third-order valence-electron chi connectivity index (χ3n) is 0.706. The molecule has 0 aliphatic rings. The molecule has 0 radical (unpaired) electrons. The predicted molar refractivity (Wildman–Crippen MR) is 41.8 cm³/mol. The van der Waals surface area contributed by atoms with Gasteiger partial charge in [0.15, 0.2) is 0 Å². The molecule has 72 valence electrons. The van der Waals surface area contributed by atoms with E-state index < -0.39 is 10.4 Å². The Morgan fingerprint density at radius 3 is 1.58 bits per heavy atom. The fourth-order valence-corrected chi connectivity index (χ4v) is 0.258. The molecule has 0 aromatic heterocycles. The van der Waals surface area contributed by atoms with Crippen LogP contribution in [0.4, 0.5) is 0 Å². The van der Waals surface area contributed by atoms with Gasteiger partial charge < -0.3 is 6.53 Å². The Hall–Kier alpha value is 1.47. The quantitative estimate of drug-likeness (QED) is 0.357. The summed E-state index contributed by atoms with van der Waals surface area (Å²) < 4.78 is 31.6. The molecule has 0 spiro atoms. The maximum absolute atomic E-state index is 8.74. The Morgan fingerprint density at radius 1 is 1.33 bits per heavy atom. The zero-order chi connectivity index (χ0) is 9.49. The van der Waals surface area contributed by atoms with E-state index in [4.69, 9.17) is 22.6 Å². The van der Waals surface area contributed by atoms with E-state index in [0.717, 1.165) is 6.42 Å². The van der Waals surface area contributed by atoms with Crippen LogP contribution in [0.2, 0.25) is 0 Å². The second kappa shape index (κ2) is 10.5. The molecule has 0 aromatic carbocycles. The van der Waals surface area contributed by atoms with E-state index in [2.05, 4.69) is 13.8 Å². The van der Waals surface area contributed by atoms with Crippen molar-refractivity contribution in [3.8, 4) is 0 Å². The minimum Gasteiger partial charge on any atom is -1.00 e. The standard InChI is InChI=1S/C5H12O.K.H2O4S.H/c1-5(2)3-4-6;;1-5(2,3)4;/h5-6H,3-4H2,1-2H3;;(H2,1,2,3,4);/q;+1;;-1. The number of hydrogen-bond acceptors (Lipinski definition) is 3. The first-order valence-electron chi connectivity index (χ1n) is 3.08. The van der Waals surface area contributed by atoms with Crippen molar-refractivity contribution in [3.05, 3.63) is 0 Å². The Labute approximate surface area is 117 Å². The van der Waals surface area contributed by atoms with Crippen LogP contribution in [0, 0.1) is 5.92 Å². The van der Waals surface area contributed by atoms with Crippen molar-refractivity contribution >= 4 is 10.4 Å². The molecule has 7 heteroatoms. The summed E-state index contributed by atoms with van der Waals surface area (Å²) >= 11 is 0. The van der Waals surface area contributed by atoms with Crippen LogP contribution in [-0.4, -0.2) is 29.2 Å². The first-order valence-corrected chi connectivity index (χ1v) is 4.47. The fraction of sp³-hybridized carbons (Fsp3) is 1.00. The largest absolute Gasteiger partial charge is 1.00 e. The van der Waals surface area contributed by atoms with E-state index >= 15 is 0 Å². The van der Waals surface area contributed by atoms with Gasteiger partial charge >= 0.3 is 61.8 Å². The van der Waals surface area contributed by atoms with E-state index in [-0.39, 0.29) is 52.8 Å². The van der Waals surface area contributed by atoms with Gasteiger partial charge in [-0.15, -0.1) is 0 Å². The Bertz CT molecular complexity index is 162. The number of rotatable bonds is 2.